The van der Waals surface area contributed by atoms with E-state index >= 15 is 0 Å². The standard InChI is InChI=1S/C23H29N9O/c1-14-19-21(31(4)20(17-5-6-17)22(33)28-19)29-23(27-14)25-10-16-11-26-32(13-16)12-15-7-8-24-18(9-15)30(2)3/h7-9,11,13,17,20H,5-6,10,12H2,1-4H3,(H,28,33)(H,25,27,29). The maximum absolute atomic E-state index is 12.5. The summed E-state index contributed by atoms with van der Waals surface area (Å²) in [6, 6.07) is 3.91. The molecule has 3 aromatic heterocycles. The Morgan fingerprint density at radius 2 is 2.06 bits per heavy atom. The molecular formula is C23H29N9O. The van der Waals surface area contributed by atoms with Gasteiger partial charge in [-0.05, 0) is 43.4 Å². The summed E-state index contributed by atoms with van der Waals surface area (Å²) in [5.74, 6) is 2.69. The SMILES string of the molecule is Cc1nc(NCc2cnn(Cc3ccnc(N(C)C)c3)c2)nc2c1NC(=O)C(C1CC1)N2C. The zero-order valence-electron chi connectivity index (χ0n) is 19.4. The predicted molar refractivity (Wildman–Crippen MR) is 128 cm³/mol. The molecule has 1 saturated carbocycles. The average molecular weight is 448 g/mol. The number of amides is 1. The molecule has 4 heterocycles. The number of aryl methyl sites for hydroxylation is 1. The summed E-state index contributed by atoms with van der Waals surface area (Å²) in [5, 5.41) is 10.8. The molecule has 2 aliphatic rings. The summed E-state index contributed by atoms with van der Waals surface area (Å²) in [7, 11) is 5.90. The molecule has 1 amide bonds. The number of nitrogens with zero attached hydrogens (tertiary/aromatic N) is 7. The van der Waals surface area contributed by atoms with Crippen molar-refractivity contribution in [2.45, 2.75) is 38.9 Å². The van der Waals surface area contributed by atoms with Crippen LogP contribution >= 0.6 is 0 Å². The van der Waals surface area contributed by atoms with Gasteiger partial charge in [0.05, 0.1) is 18.4 Å². The van der Waals surface area contributed by atoms with Gasteiger partial charge in [-0.1, -0.05) is 0 Å². The number of anilines is 4. The summed E-state index contributed by atoms with van der Waals surface area (Å²) in [6.07, 6.45) is 7.87. The first-order valence-corrected chi connectivity index (χ1v) is 11.2. The van der Waals surface area contributed by atoms with E-state index in [0.29, 0.717) is 30.6 Å². The van der Waals surface area contributed by atoms with E-state index in [4.69, 9.17) is 4.98 Å². The van der Waals surface area contributed by atoms with Gasteiger partial charge < -0.3 is 20.4 Å². The van der Waals surface area contributed by atoms with Gasteiger partial charge in [-0.15, -0.1) is 0 Å². The third kappa shape index (κ3) is 4.33. The topological polar surface area (TPSA) is 104 Å². The number of hydrogen-bond donors (Lipinski definition) is 2. The number of likely N-dealkylation sites (N-methyl/N-ethyl adjacent to an activating group) is 1. The lowest BCUT2D eigenvalue weighted by atomic mass is 10.1. The van der Waals surface area contributed by atoms with E-state index in [2.05, 4.69) is 31.8 Å². The summed E-state index contributed by atoms with van der Waals surface area (Å²) in [5.41, 5.74) is 3.63. The van der Waals surface area contributed by atoms with Crippen LogP contribution in [0.4, 0.5) is 23.3 Å². The third-order valence-corrected chi connectivity index (χ3v) is 6.16. The number of rotatable bonds is 7. The molecule has 1 unspecified atom stereocenters. The molecule has 1 aliphatic heterocycles. The molecule has 0 spiro atoms. The largest absolute Gasteiger partial charge is 0.363 e. The van der Waals surface area contributed by atoms with E-state index in [9.17, 15) is 4.79 Å². The molecule has 172 valence electrons. The van der Waals surface area contributed by atoms with Gasteiger partial charge in [0.15, 0.2) is 5.82 Å². The molecule has 0 bridgehead atoms. The number of pyridine rings is 1. The van der Waals surface area contributed by atoms with Crippen molar-refractivity contribution in [2.75, 3.05) is 41.6 Å². The lowest BCUT2D eigenvalue weighted by molar-refractivity contribution is -0.118. The van der Waals surface area contributed by atoms with Crippen molar-refractivity contribution < 1.29 is 4.79 Å². The minimum absolute atomic E-state index is 0.0409. The average Bonchev–Trinajstić information content (AvgIpc) is 3.52. The van der Waals surface area contributed by atoms with Crippen LogP contribution in [0.15, 0.2) is 30.7 Å². The minimum atomic E-state index is -0.154. The second-order valence-corrected chi connectivity index (χ2v) is 9.03. The Kier molecular flexibility index (Phi) is 5.35. The van der Waals surface area contributed by atoms with Gasteiger partial charge in [0.1, 0.15) is 17.5 Å². The fraction of sp³-hybridized carbons (Fsp3) is 0.435. The molecule has 1 fully saturated rings. The number of nitrogens with one attached hydrogen (secondary N) is 2. The summed E-state index contributed by atoms with van der Waals surface area (Å²) in [4.78, 5) is 30.2. The number of fused-ring (bicyclic) bond motifs is 1. The van der Waals surface area contributed by atoms with Crippen LogP contribution in [0.1, 0.15) is 29.7 Å². The van der Waals surface area contributed by atoms with Gasteiger partial charge in [-0.3, -0.25) is 9.48 Å². The van der Waals surface area contributed by atoms with E-state index < -0.39 is 0 Å². The van der Waals surface area contributed by atoms with Crippen molar-refractivity contribution in [3.63, 3.8) is 0 Å². The lowest BCUT2D eigenvalue weighted by Crippen LogP contribution is -2.48. The van der Waals surface area contributed by atoms with Gasteiger partial charge in [0.25, 0.3) is 0 Å². The molecule has 10 heteroatoms. The van der Waals surface area contributed by atoms with Crippen molar-refractivity contribution in [3.8, 4) is 0 Å². The van der Waals surface area contributed by atoms with Crippen LogP contribution in [-0.4, -0.2) is 57.8 Å². The highest BCUT2D eigenvalue weighted by Gasteiger charge is 2.43. The fourth-order valence-electron chi connectivity index (χ4n) is 4.24. The molecule has 0 radical (unpaired) electrons. The molecule has 5 rings (SSSR count). The van der Waals surface area contributed by atoms with Crippen LogP contribution in [0.2, 0.25) is 0 Å². The molecule has 3 aromatic rings. The van der Waals surface area contributed by atoms with Crippen molar-refractivity contribution in [1.82, 2.24) is 24.7 Å². The van der Waals surface area contributed by atoms with Gasteiger partial charge in [-0.25, -0.2) is 9.97 Å². The maximum Gasteiger partial charge on any atom is 0.247 e. The van der Waals surface area contributed by atoms with Crippen LogP contribution in [-0.2, 0) is 17.9 Å². The van der Waals surface area contributed by atoms with Crippen LogP contribution < -0.4 is 20.4 Å². The minimum Gasteiger partial charge on any atom is -0.363 e. The van der Waals surface area contributed by atoms with Gasteiger partial charge in [0.2, 0.25) is 11.9 Å². The van der Waals surface area contributed by atoms with E-state index in [-0.39, 0.29) is 11.9 Å². The van der Waals surface area contributed by atoms with E-state index in [1.54, 1.807) is 0 Å². The normalized spacial score (nSPS) is 17.5. The first-order chi connectivity index (χ1) is 15.9. The Bertz CT molecular complexity index is 1180. The van der Waals surface area contributed by atoms with E-state index in [0.717, 1.165) is 41.3 Å². The quantitative estimate of drug-likeness (QED) is 0.569. The Labute approximate surface area is 193 Å². The molecule has 1 aliphatic carbocycles. The van der Waals surface area contributed by atoms with E-state index in [1.165, 1.54) is 0 Å². The molecular weight excluding hydrogens is 418 g/mol. The Balaban J connectivity index is 1.27. The molecule has 10 nitrogen and oxygen atoms in total. The highest BCUT2D eigenvalue weighted by molar-refractivity contribution is 6.03. The Hall–Kier alpha value is -3.69. The first-order valence-electron chi connectivity index (χ1n) is 11.2. The fourth-order valence-corrected chi connectivity index (χ4v) is 4.24. The molecule has 0 saturated heterocycles. The summed E-state index contributed by atoms with van der Waals surface area (Å²) in [6.45, 7) is 3.12. The van der Waals surface area contributed by atoms with Gasteiger partial charge in [-0.2, -0.15) is 10.1 Å². The zero-order valence-corrected chi connectivity index (χ0v) is 19.4. The number of carbonyl (C=O) groups is 1. The van der Waals surface area contributed by atoms with E-state index in [1.807, 2.05) is 67.2 Å². The molecule has 1 atom stereocenters. The number of carbonyl (C=O) groups excluding carboxylic acids is 1. The highest BCUT2D eigenvalue weighted by Crippen LogP contribution is 2.41. The Morgan fingerprint density at radius 1 is 1.24 bits per heavy atom. The second-order valence-electron chi connectivity index (χ2n) is 9.03. The predicted octanol–water partition coefficient (Wildman–Crippen LogP) is 2.27. The van der Waals surface area contributed by atoms with Crippen molar-refractivity contribution in [2.24, 2.45) is 5.92 Å². The smallest absolute Gasteiger partial charge is 0.247 e. The second kappa shape index (κ2) is 8.34. The van der Waals surface area contributed by atoms with Crippen LogP contribution in [0, 0.1) is 12.8 Å². The van der Waals surface area contributed by atoms with Crippen molar-refractivity contribution >= 4 is 29.2 Å². The lowest BCUT2D eigenvalue weighted by Gasteiger charge is -2.35. The molecule has 2 N–H and O–H groups in total. The van der Waals surface area contributed by atoms with Crippen molar-refractivity contribution in [3.05, 3.63) is 47.5 Å². The molecule has 0 aromatic carbocycles. The number of aromatic nitrogens is 5. The monoisotopic (exact) mass is 447 g/mol. The van der Waals surface area contributed by atoms with Crippen molar-refractivity contribution in [1.29, 1.82) is 0 Å². The van der Waals surface area contributed by atoms with Crippen LogP contribution in [0.5, 0.6) is 0 Å². The third-order valence-electron chi connectivity index (χ3n) is 6.16. The first kappa shape index (κ1) is 21.2. The molecule has 33 heavy (non-hydrogen) atoms. The summed E-state index contributed by atoms with van der Waals surface area (Å²) < 4.78 is 1.91. The Morgan fingerprint density at radius 3 is 2.82 bits per heavy atom. The summed E-state index contributed by atoms with van der Waals surface area (Å²) >= 11 is 0. The maximum atomic E-state index is 12.5. The zero-order chi connectivity index (χ0) is 23.1. The number of hydrogen-bond acceptors (Lipinski definition) is 8. The van der Waals surface area contributed by atoms with Crippen LogP contribution in [0.3, 0.4) is 0 Å². The highest BCUT2D eigenvalue weighted by atomic mass is 16.2. The van der Waals surface area contributed by atoms with Gasteiger partial charge >= 0.3 is 0 Å². The van der Waals surface area contributed by atoms with Crippen LogP contribution in [0.25, 0.3) is 0 Å². The van der Waals surface area contributed by atoms with Gasteiger partial charge in [0, 0.05) is 45.6 Å².